The van der Waals surface area contributed by atoms with Gasteiger partial charge in [-0.2, -0.15) is 4.98 Å². The zero-order valence-electron chi connectivity index (χ0n) is 16.0. The van der Waals surface area contributed by atoms with Crippen molar-refractivity contribution in [3.05, 3.63) is 64.5 Å². The van der Waals surface area contributed by atoms with Gasteiger partial charge in [0, 0.05) is 36.7 Å². The topological polar surface area (TPSA) is 96.6 Å². The number of aromatic nitrogens is 2. The molecule has 1 heterocycles. The Balaban J connectivity index is 1.77. The van der Waals surface area contributed by atoms with Crippen molar-refractivity contribution in [1.29, 1.82) is 0 Å². The van der Waals surface area contributed by atoms with Gasteiger partial charge in [-0.15, -0.1) is 0 Å². The van der Waals surface area contributed by atoms with E-state index in [0.29, 0.717) is 5.82 Å². The highest BCUT2D eigenvalue weighted by atomic mass is 79.9. The highest BCUT2D eigenvalue weighted by molar-refractivity contribution is 9.10. The summed E-state index contributed by atoms with van der Waals surface area (Å²) in [5.74, 6) is 0.331. The average Bonchev–Trinajstić information content (AvgIpc) is 3.16. The number of hydrogen-bond donors (Lipinski definition) is 0. The number of carbonyl (C=O) groups is 1. The van der Waals surface area contributed by atoms with Crippen LogP contribution in [0.3, 0.4) is 0 Å². The molecule has 0 aliphatic carbocycles. The molecule has 0 unspecified atom stereocenters. The molecule has 0 spiro atoms. The molecule has 0 fully saturated rings. The second-order valence-electron chi connectivity index (χ2n) is 6.50. The van der Waals surface area contributed by atoms with Crippen LogP contribution in [0.4, 0.5) is 0 Å². The smallest absolute Gasteiger partial charge is 0.254 e. The summed E-state index contributed by atoms with van der Waals surface area (Å²) in [6.07, 6.45) is 0. The van der Waals surface area contributed by atoms with Gasteiger partial charge in [-0.25, -0.2) is 12.7 Å². The second kappa shape index (κ2) is 8.44. The van der Waals surface area contributed by atoms with Crippen molar-refractivity contribution in [3.63, 3.8) is 0 Å². The molecular weight excluding hydrogens is 460 g/mol. The first-order valence-electron chi connectivity index (χ1n) is 8.55. The van der Waals surface area contributed by atoms with E-state index in [-0.39, 0.29) is 28.8 Å². The molecule has 3 aromatic rings. The average molecular weight is 479 g/mol. The lowest BCUT2D eigenvalue weighted by atomic mass is 10.2. The molecule has 8 nitrogen and oxygen atoms in total. The van der Waals surface area contributed by atoms with Crippen LogP contribution in [0.5, 0.6) is 0 Å². The molecule has 0 atom stereocenters. The molecule has 2 aromatic carbocycles. The molecule has 29 heavy (non-hydrogen) atoms. The third-order valence-electron chi connectivity index (χ3n) is 4.13. The Kier molecular flexibility index (Phi) is 6.15. The van der Waals surface area contributed by atoms with E-state index in [4.69, 9.17) is 4.52 Å². The molecule has 0 saturated heterocycles. The summed E-state index contributed by atoms with van der Waals surface area (Å²) in [6, 6.07) is 13.4. The fourth-order valence-corrected chi connectivity index (χ4v) is 3.91. The van der Waals surface area contributed by atoms with Crippen LogP contribution in [-0.4, -0.2) is 54.8 Å². The minimum Gasteiger partial charge on any atom is -0.337 e. The number of halogens is 1. The molecule has 1 aromatic heterocycles. The molecule has 0 aliphatic heterocycles. The maximum Gasteiger partial charge on any atom is 0.254 e. The Morgan fingerprint density at radius 1 is 1.10 bits per heavy atom. The summed E-state index contributed by atoms with van der Waals surface area (Å²) in [5, 5.41) is 3.95. The predicted molar refractivity (Wildman–Crippen MR) is 111 cm³/mol. The molecule has 0 aliphatic rings. The minimum absolute atomic E-state index is 0.0523. The number of sulfonamides is 1. The molecule has 0 radical (unpaired) electrons. The lowest BCUT2D eigenvalue weighted by Gasteiger charge is -2.16. The highest BCUT2D eigenvalue weighted by Crippen LogP contribution is 2.21. The minimum atomic E-state index is -3.63. The van der Waals surface area contributed by atoms with Crippen LogP contribution in [0.2, 0.25) is 0 Å². The molecule has 152 valence electrons. The van der Waals surface area contributed by atoms with E-state index >= 15 is 0 Å². The van der Waals surface area contributed by atoms with Gasteiger partial charge >= 0.3 is 0 Å². The van der Waals surface area contributed by atoms with Gasteiger partial charge in [-0.3, -0.25) is 4.79 Å². The maximum absolute atomic E-state index is 12.7. The van der Waals surface area contributed by atoms with Gasteiger partial charge in [0.25, 0.3) is 5.91 Å². The maximum atomic E-state index is 12.7. The van der Waals surface area contributed by atoms with Crippen molar-refractivity contribution >= 4 is 31.9 Å². The normalized spacial score (nSPS) is 11.6. The second-order valence-corrected chi connectivity index (χ2v) is 9.57. The molecule has 3 rings (SSSR count). The van der Waals surface area contributed by atoms with Crippen molar-refractivity contribution in [2.75, 3.05) is 21.1 Å². The fourth-order valence-electron chi connectivity index (χ4n) is 2.56. The number of carbonyl (C=O) groups excluding carboxylic acids is 1. The SMILES string of the molecule is CN(Cc1nc(-c2cccc(Br)c2)no1)C(=O)c1cccc(S(=O)(=O)N(C)C)c1. The van der Waals surface area contributed by atoms with E-state index in [0.717, 1.165) is 14.3 Å². The van der Waals surface area contributed by atoms with Crippen LogP contribution in [-0.2, 0) is 16.6 Å². The first-order valence-corrected chi connectivity index (χ1v) is 10.8. The number of amides is 1. The summed E-state index contributed by atoms with van der Waals surface area (Å²) in [5.41, 5.74) is 1.03. The van der Waals surface area contributed by atoms with Crippen molar-refractivity contribution in [3.8, 4) is 11.4 Å². The number of hydrogen-bond acceptors (Lipinski definition) is 6. The van der Waals surface area contributed by atoms with E-state index < -0.39 is 10.0 Å². The molecule has 1 amide bonds. The Morgan fingerprint density at radius 2 is 1.83 bits per heavy atom. The number of benzene rings is 2. The zero-order chi connectivity index (χ0) is 21.2. The summed E-state index contributed by atoms with van der Waals surface area (Å²) in [7, 11) is 0.829. The summed E-state index contributed by atoms with van der Waals surface area (Å²) in [6.45, 7) is 0.0878. The Bertz CT molecular complexity index is 1140. The van der Waals surface area contributed by atoms with E-state index in [1.165, 1.54) is 37.2 Å². The Hall–Kier alpha value is -2.56. The van der Waals surface area contributed by atoms with E-state index in [1.54, 1.807) is 13.1 Å². The summed E-state index contributed by atoms with van der Waals surface area (Å²) >= 11 is 3.40. The van der Waals surface area contributed by atoms with Crippen molar-refractivity contribution in [2.24, 2.45) is 0 Å². The Morgan fingerprint density at radius 3 is 2.52 bits per heavy atom. The van der Waals surface area contributed by atoms with E-state index in [2.05, 4.69) is 26.1 Å². The van der Waals surface area contributed by atoms with Crippen LogP contribution in [0, 0.1) is 0 Å². The molecule has 0 saturated carbocycles. The van der Waals surface area contributed by atoms with Gasteiger partial charge in [-0.05, 0) is 30.3 Å². The first-order chi connectivity index (χ1) is 13.7. The largest absolute Gasteiger partial charge is 0.337 e. The van der Waals surface area contributed by atoms with Crippen molar-refractivity contribution in [1.82, 2.24) is 19.3 Å². The van der Waals surface area contributed by atoms with Crippen molar-refractivity contribution < 1.29 is 17.7 Å². The molecule has 0 N–H and O–H groups in total. The summed E-state index contributed by atoms with van der Waals surface area (Å²) < 4.78 is 31.8. The quantitative estimate of drug-likeness (QED) is 0.540. The number of nitrogens with zero attached hydrogens (tertiary/aromatic N) is 4. The van der Waals surface area contributed by atoms with Crippen molar-refractivity contribution in [2.45, 2.75) is 11.4 Å². The highest BCUT2D eigenvalue weighted by Gasteiger charge is 2.21. The van der Waals surface area contributed by atoms with Gasteiger partial charge in [-0.1, -0.05) is 39.3 Å². The van der Waals surface area contributed by atoms with Crippen LogP contribution in [0.25, 0.3) is 11.4 Å². The van der Waals surface area contributed by atoms with Gasteiger partial charge in [0.2, 0.25) is 21.7 Å². The molecular formula is C19H19BrN4O4S. The van der Waals surface area contributed by atoms with Gasteiger partial charge < -0.3 is 9.42 Å². The lowest BCUT2D eigenvalue weighted by Crippen LogP contribution is -2.27. The first kappa shape index (κ1) is 21.2. The standard InChI is InChI=1S/C19H19BrN4O4S/c1-23(2)29(26,27)16-9-5-7-14(11-16)19(25)24(3)12-17-21-18(22-28-17)13-6-4-8-15(20)10-13/h4-11H,12H2,1-3H3. The summed E-state index contributed by atoms with van der Waals surface area (Å²) in [4.78, 5) is 18.5. The molecule has 10 heteroatoms. The van der Waals surface area contributed by atoms with Gasteiger partial charge in [0.1, 0.15) is 0 Å². The predicted octanol–water partition coefficient (Wildman–Crippen LogP) is 3.02. The fraction of sp³-hybridized carbons (Fsp3) is 0.211. The Labute approximate surface area is 177 Å². The van der Waals surface area contributed by atoms with Crippen LogP contribution in [0.15, 0.2) is 62.4 Å². The third-order valence-corrected chi connectivity index (χ3v) is 6.43. The lowest BCUT2D eigenvalue weighted by molar-refractivity contribution is 0.0769. The third kappa shape index (κ3) is 4.72. The van der Waals surface area contributed by atoms with Crippen LogP contribution < -0.4 is 0 Å². The van der Waals surface area contributed by atoms with E-state index in [1.807, 2.05) is 24.3 Å². The monoisotopic (exact) mass is 478 g/mol. The van der Waals surface area contributed by atoms with Gasteiger partial charge in [0.05, 0.1) is 11.4 Å². The van der Waals surface area contributed by atoms with Gasteiger partial charge in [0.15, 0.2) is 0 Å². The zero-order valence-corrected chi connectivity index (χ0v) is 18.4. The van der Waals surface area contributed by atoms with Crippen LogP contribution in [0.1, 0.15) is 16.2 Å². The van der Waals surface area contributed by atoms with Crippen LogP contribution >= 0.6 is 15.9 Å². The molecule has 0 bridgehead atoms. The van der Waals surface area contributed by atoms with E-state index in [9.17, 15) is 13.2 Å². The number of rotatable bonds is 6.